The van der Waals surface area contributed by atoms with Gasteiger partial charge in [-0.2, -0.15) is 8.42 Å². The third-order valence-corrected chi connectivity index (χ3v) is 3.07. The standard InChI is InChI=1S/C8H9O3S2/c1-2-6-3-4-7(12)8(5-6)13(9,10)11/h3-5H,2H2,1H3,(H,9,10,11). The molecule has 1 radical (unpaired) electrons. The third-order valence-electron chi connectivity index (χ3n) is 1.69. The fourth-order valence-corrected chi connectivity index (χ4v) is 2.04. The van der Waals surface area contributed by atoms with Gasteiger partial charge in [0.25, 0.3) is 10.1 Å². The maximum atomic E-state index is 10.8. The lowest BCUT2D eigenvalue weighted by atomic mass is 10.2. The number of hydrogen-bond acceptors (Lipinski definition) is 2. The van der Waals surface area contributed by atoms with Crippen LogP contribution < -0.4 is 0 Å². The molecule has 1 aromatic carbocycles. The summed E-state index contributed by atoms with van der Waals surface area (Å²) in [6.07, 6.45) is 0.706. The highest BCUT2D eigenvalue weighted by Gasteiger charge is 2.14. The van der Waals surface area contributed by atoms with Crippen LogP contribution in [-0.4, -0.2) is 13.0 Å². The number of benzene rings is 1. The van der Waals surface area contributed by atoms with Gasteiger partial charge in [0.05, 0.1) is 4.90 Å². The first kappa shape index (κ1) is 10.4. The van der Waals surface area contributed by atoms with Crippen molar-refractivity contribution in [2.24, 2.45) is 0 Å². The summed E-state index contributed by atoms with van der Waals surface area (Å²) < 4.78 is 30.4. The predicted molar refractivity (Wildman–Crippen MR) is 51.5 cm³/mol. The van der Waals surface area contributed by atoms with E-state index < -0.39 is 10.1 Å². The van der Waals surface area contributed by atoms with E-state index in [0.717, 1.165) is 5.56 Å². The number of rotatable bonds is 2. The van der Waals surface area contributed by atoms with E-state index in [1.54, 1.807) is 6.07 Å². The molecule has 1 aromatic rings. The van der Waals surface area contributed by atoms with Gasteiger partial charge >= 0.3 is 0 Å². The minimum Gasteiger partial charge on any atom is -0.282 e. The van der Waals surface area contributed by atoms with Crippen LogP contribution in [0.1, 0.15) is 12.5 Å². The summed E-state index contributed by atoms with van der Waals surface area (Å²) in [7, 11) is -4.17. The Morgan fingerprint density at radius 2 is 2.08 bits per heavy atom. The van der Waals surface area contributed by atoms with Crippen LogP contribution in [0.15, 0.2) is 28.0 Å². The van der Waals surface area contributed by atoms with Crippen LogP contribution >= 0.6 is 12.6 Å². The highest BCUT2D eigenvalue weighted by atomic mass is 32.2. The lowest BCUT2D eigenvalue weighted by Crippen LogP contribution is -2.00. The molecule has 0 aliphatic carbocycles. The Kier molecular flexibility index (Phi) is 2.90. The van der Waals surface area contributed by atoms with Crippen LogP contribution in [0, 0.1) is 0 Å². The molecular weight excluding hydrogens is 208 g/mol. The van der Waals surface area contributed by atoms with Crippen molar-refractivity contribution in [2.45, 2.75) is 23.1 Å². The lowest BCUT2D eigenvalue weighted by molar-refractivity contribution is 0.481. The molecule has 13 heavy (non-hydrogen) atoms. The third kappa shape index (κ3) is 2.40. The Hall–Kier alpha value is -0.650. The summed E-state index contributed by atoms with van der Waals surface area (Å²) in [5, 5.41) is 0. The topological polar surface area (TPSA) is 54.4 Å². The van der Waals surface area contributed by atoms with Crippen molar-refractivity contribution < 1.29 is 13.0 Å². The zero-order valence-corrected chi connectivity index (χ0v) is 8.65. The van der Waals surface area contributed by atoms with Crippen LogP contribution in [-0.2, 0) is 16.5 Å². The monoisotopic (exact) mass is 217 g/mol. The smallest absolute Gasteiger partial charge is 0.282 e. The van der Waals surface area contributed by atoms with Crippen molar-refractivity contribution in [3.05, 3.63) is 23.8 Å². The Labute approximate surface area is 82.9 Å². The molecule has 0 bridgehead atoms. The fourth-order valence-electron chi connectivity index (χ4n) is 0.974. The number of aryl methyl sites for hydroxylation is 1. The van der Waals surface area contributed by atoms with E-state index in [-0.39, 0.29) is 9.79 Å². The van der Waals surface area contributed by atoms with Crippen molar-refractivity contribution >= 4 is 22.7 Å². The van der Waals surface area contributed by atoms with Crippen molar-refractivity contribution in [3.63, 3.8) is 0 Å². The molecule has 0 unspecified atom stereocenters. The maximum absolute atomic E-state index is 10.8. The van der Waals surface area contributed by atoms with Gasteiger partial charge in [-0.1, -0.05) is 25.6 Å². The molecule has 0 aliphatic rings. The molecule has 1 N–H and O–H groups in total. The summed E-state index contributed by atoms with van der Waals surface area (Å²) in [5.41, 5.74) is 0.834. The van der Waals surface area contributed by atoms with Crippen molar-refractivity contribution in [1.82, 2.24) is 0 Å². The minimum atomic E-state index is -4.17. The van der Waals surface area contributed by atoms with Crippen LogP contribution in [0.4, 0.5) is 0 Å². The molecule has 3 nitrogen and oxygen atoms in total. The van der Waals surface area contributed by atoms with Crippen molar-refractivity contribution in [1.29, 1.82) is 0 Å². The predicted octanol–water partition coefficient (Wildman–Crippen LogP) is 2.05. The Morgan fingerprint density at radius 3 is 2.54 bits per heavy atom. The molecule has 0 aromatic heterocycles. The van der Waals surface area contributed by atoms with Gasteiger partial charge in [-0.3, -0.25) is 4.55 Å². The van der Waals surface area contributed by atoms with Gasteiger partial charge in [0.1, 0.15) is 4.90 Å². The summed E-state index contributed by atoms with van der Waals surface area (Å²) in [6, 6.07) is 4.66. The van der Waals surface area contributed by atoms with Gasteiger partial charge < -0.3 is 0 Å². The molecule has 0 heterocycles. The molecule has 0 saturated heterocycles. The van der Waals surface area contributed by atoms with Crippen LogP contribution in [0.3, 0.4) is 0 Å². The van der Waals surface area contributed by atoms with Gasteiger partial charge in [-0.15, -0.1) is 0 Å². The molecule has 1 rings (SSSR count). The van der Waals surface area contributed by atoms with E-state index in [2.05, 4.69) is 0 Å². The van der Waals surface area contributed by atoms with E-state index >= 15 is 0 Å². The molecule has 0 aliphatic heterocycles. The second kappa shape index (κ2) is 3.61. The van der Waals surface area contributed by atoms with E-state index in [9.17, 15) is 8.42 Å². The average molecular weight is 217 g/mol. The van der Waals surface area contributed by atoms with E-state index in [0.29, 0.717) is 6.42 Å². The quantitative estimate of drug-likeness (QED) is 0.771. The SMILES string of the molecule is CCc1ccc([S])c(S(=O)(=O)O)c1. The second-order valence-corrected chi connectivity index (χ2v) is 4.44. The molecule has 5 heteroatoms. The normalized spacial score (nSPS) is 11.5. The molecule has 0 atom stereocenters. The minimum absolute atomic E-state index is 0.153. The Balaban J connectivity index is 3.36. The highest BCUT2D eigenvalue weighted by Crippen LogP contribution is 2.20. The van der Waals surface area contributed by atoms with Crippen molar-refractivity contribution in [3.8, 4) is 0 Å². The van der Waals surface area contributed by atoms with Gasteiger partial charge in [-0.25, -0.2) is 0 Å². The lowest BCUT2D eigenvalue weighted by Gasteiger charge is -2.02. The Morgan fingerprint density at radius 1 is 1.46 bits per heavy atom. The molecule has 71 valence electrons. The fraction of sp³-hybridized carbons (Fsp3) is 0.250. The first-order valence-electron chi connectivity index (χ1n) is 3.72. The molecule has 0 saturated carbocycles. The second-order valence-electron chi connectivity index (χ2n) is 2.61. The highest BCUT2D eigenvalue weighted by molar-refractivity contribution is 7.87. The first-order valence-corrected chi connectivity index (χ1v) is 5.57. The van der Waals surface area contributed by atoms with Crippen LogP contribution in [0.5, 0.6) is 0 Å². The van der Waals surface area contributed by atoms with Gasteiger partial charge in [0.2, 0.25) is 0 Å². The summed E-state index contributed by atoms with van der Waals surface area (Å²) in [6.45, 7) is 1.89. The zero-order chi connectivity index (χ0) is 10.1. The van der Waals surface area contributed by atoms with E-state index in [4.69, 9.17) is 17.2 Å². The summed E-state index contributed by atoms with van der Waals surface area (Å²) in [5.74, 6) is 0. The van der Waals surface area contributed by atoms with Gasteiger partial charge in [-0.05, 0) is 24.1 Å². The molecular formula is C8H9O3S2. The van der Waals surface area contributed by atoms with Crippen LogP contribution in [0.25, 0.3) is 0 Å². The van der Waals surface area contributed by atoms with E-state index in [1.165, 1.54) is 12.1 Å². The summed E-state index contributed by atoms with van der Waals surface area (Å²) in [4.78, 5) is -0.0263. The maximum Gasteiger partial charge on any atom is 0.295 e. The first-order chi connectivity index (χ1) is 5.95. The largest absolute Gasteiger partial charge is 0.295 e. The Bertz CT molecular complexity index is 409. The zero-order valence-electron chi connectivity index (χ0n) is 7.02. The summed E-state index contributed by atoms with van der Waals surface area (Å²) >= 11 is 4.77. The number of hydrogen-bond donors (Lipinski definition) is 1. The van der Waals surface area contributed by atoms with E-state index in [1.807, 2.05) is 6.92 Å². The molecule has 0 fully saturated rings. The van der Waals surface area contributed by atoms with Gasteiger partial charge in [0.15, 0.2) is 0 Å². The molecule has 0 amide bonds. The average Bonchev–Trinajstić information content (AvgIpc) is 2.03. The van der Waals surface area contributed by atoms with Crippen LogP contribution in [0.2, 0.25) is 0 Å². The molecule has 0 spiro atoms. The van der Waals surface area contributed by atoms with Gasteiger partial charge in [0, 0.05) is 0 Å². The van der Waals surface area contributed by atoms with Crippen molar-refractivity contribution in [2.75, 3.05) is 0 Å².